The minimum absolute atomic E-state index is 0.259. The molecule has 14 heavy (non-hydrogen) atoms. The number of hydrogen-bond donors (Lipinski definition) is 1. The van der Waals surface area contributed by atoms with Crippen LogP contribution in [-0.4, -0.2) is 19.6 Å². The van der Waals surface area contributed by atoms with Gasteiger partial charge in [-0.1, -0.05) is 11.5 Å². The lowest BCUT2D eigenvalue weighted by molar-refractivity contribution is -0.138. The van der Waals surface area contributed by atoms with E-state index in [1.165, 1.54) is 0 Å². The molecule has 6 heteroatoms. The maximum Gasteiger partial charge on any atom is 0.419 e. The maximum atomic E-state index is 12.3. The van der Waals surface area contributed by atoms with Crippen LogP contribution in [0.25, 0.3) is 0 Å². The molecular weight excluding hydrogens is 196 g/mol. The van der Waals surface area contributed by atoms with E-state index in [0.717, 1.165) is 25.3 Å². The normalized spacial score (nSPS) is 11.2. The van der Waals surface area contributed by atoms with Crippen molar-refractivity contribution >= 4 is 12.9 Å². The summed E-state index contributed by atoms with van der Waals surface area (Å²) in [6.07, 6.45) is -4.45. The van der Waals surface area contributed by atoms with E-state index in [-0.39, 0.29) is 11.2 Å². The molecule has 1 radical (unpaired) electrons. The quantitative estimate of drug-likeness (QED) is 0.725. The Hall–Kier alpha value is -1.17. The van der Waals surface area contributed by atoms with Gasteiger partial charge in [-0.2, -0.15) is 13.2 Å². The second-order valence-electron chi connectivity index (χ2n) is 2.59. The third-order valence-electron chi connectivity index (χ3n) is 1.68. The molecule has 0 saturated carbocycles. The fourth-order valence-electron chi connectivity index (χ4n) is 1.02. The summed E-state index contributed by atoms with van der Waals surface area (Å²) in [4.78, 5) is 0. The highest BCUT2D eigenvalue weighted by Gasteiger charge is 2.34. The Morgan fingerprint density at radius 1 is 1.36 bits per heavy atom. The van der Waals surface area contributed by atoms with Crippen molar-refractivity contribution < 1.29 is 22.9 Å². The van der Waals surface area contributed by atoms with Crippen molar-refractivity contribution in [1.82, 2.24) is 0 Å². The molecule has 0 heterocycles. The average Bonchev–Trinajstić information content (AvgIpc) is 2.15. The Kier molecular flexibility index (Phi) is 3.05. The van der Waals surface area contributed by atoms with E-state index in [1.807, 2.05) is 0 Å². The van der Waals surface area contributed by atoms with E-state index in [0.29, 0.717) is 7.48 Å². The predicted octanol–water partition coefficient (Wildman–Crippen LogP) is 0.951. The Bertz CT molecular complexity index is 325. The molecule has 1 N–H and O–H groups in total. The van der Waals surface area contributed by atoms with E-state index >= 15 is 0 Å². The fourth-order valence-corrected chi connectivity index (χ4v) is 1.02. The summed E-state index contributed by atoms with van der Waals surface area (Å²) in [5.74, 6) is -0.305. The average molecular weight is 203 g/mol. The van der Waals surface area contributed by atoms with E-state index in [2.05, 4.69) is 4.74 Å². The van der Waals surface area contributed by atoms with Crippen LogP contribution in [0, 0.1) is 0 Å². The second kappa shape index (κ2) is 3.92. The third-order valence-corrected chi connectivity index (χ3v) is 1.68. The molecule has 2 nitrogen and oxygen atoms in total. The standard InChI is InChI=1S/C8H7BF3O2/c1-14-7-4-5(9-13)2-3-6(7)8(10,11)12/h2-4,13H,1H3. The van der Waals surface area contributed by atoms with E-state index < -0.39 is 11.7 Å². The molecule has 0 unspecified atom stereocenters. The summed E-state index contributed by atoms with van der Waals surface area (Å²) >= 11 is 0. The number of benzene rings is 1. The fraction of sp³-hybridized carbons (Fsp3) is 0.250. The number of methoxy groups -OCH3 is 1. The summed E-state index contributed by atoms with van der Waals surface area (Å²) in [5.41, 5.74) is -0.597. The first-order chi connectivity index (χ1) is 6.49. The van der Waals surface area contributed by atoms with Crippen LogP contribution in [0.1, 0.15) is 5.56 Å². The van der Waals surface area contributed by atoms with Crippen molar-refractivity contribution in [2.24, 2.45) is 0 Å². The molecule has 0 aromatic heterocycles. The zero-order valence-corrected chi connectivity index (χ0v) is 7.30. The van der Waals surface area contributed by atoms with Crippen LogP contribution in [0.4, 0.5) is 13.2 Å². The van der Waals surface area contributed by atoms with Crippen molar-refractivity contribution in [2.75, 3.05) is 7.11 Å². The van der Waals surface area contributed by atoms with Crippen LogP contribution in [0.15, 0.2) is 18.2 Å². The molecule has 1 rings (SSSR count). The molecule has 0 fully saturated rings. The summed E-state index contributed by atoms with van der Waals surface area (Å²) in [7, 11) is 1.86. The van der Waals surface area contributed by atoms with Crippen molar-refractivity contribution in [3.63, 3.8) is 0 Å². The minimum Gasteiger partial charge on any atom is -0.496 e. The molecule has 0 aliphatic heterocycles. The Morgan fingerprint density at radius 3 is 2.43 bits per heavy atom. The topological polar surface area (TPSA) is 29.5 Å². The zero-order valence-electron chi connectivity index (χ0n) is 7.30. The predicted molar refractivity (Wildman–Crippen MR) is 45.6 cm³/mol. The summed E-state index contributed by atoms with van der Waals surface area (Å²) in [5, 5.41) is 8.59. The summed E-state index contributed by atoms with van der Waals surface area (Å²) < 4.78 is 41.5. The van der Waals surface area contributed by atoms with Crippen LogP contribution in [0.3, 0.4) is 0 Å². The number of alkyl halides is 3. The van der Waals surface area contributed by atoms with Crippen LogP contribution in [0.5, 0.6) is 5.75 Å². The van der Waals surface area contributed by atoms with Crippen molar-refractivity contribution in [3.8, 4) is 5.75 Å². The van der Waals surface area contributed by atoms with Gasteiger partial charge in [-0.25, -0.2) is 0 Å². The molecular formula is C8H7BF3O2. The molecule has 0 atom stereocenters. The highest BCUT2D eigenvalue weighted by atomic mass is 19.4. The van der Waals surface area contributed by atoms with Crippen LogP contribution in [-0.2, 0) is 6.18 Å². The minimum atomic E-state index is -4.45. The molecule has 0 saturated heterocycles. The van der Waals surface area contributed by atoms with Gasteiger partial charge in [-0.3, -0.25) is 0 Å². The van der Waals surface area contributed by atoms with Gasteiger partial charge in [0.15, 0.2) is 0 Å². The number of halogens is 3. The second-order valence-corrected chi connectivity index (χ2v) is 2.59. The molecule has 0 aliphatic carbocycles. The maximum absolute atomic E-state index is 12.3. The van der Waals surface area contributed by atoms with E-state index in [4.69, 9.17) is 5.02 Å². The number of hydrogen-bond acceptors (Lipinski definition) is 2. The summed E-state index contributed by atoms with van der Waals surface area (Å²) in [6.45, 7) is 0. The first-order valence-electron chi connectivity index (χ1n) is 3.71. The molecule has 0 aliphatic rings. The molecule has 1 aromatic carbocycles. The first-order valence-corrected chi connectivity index (χ1v) is 3.71. The van der Waals surface area contributed by atoms with Gasteiger partial charge in [0.2, 0.25) is 0 Å². The van der Waals surface area contributed by atoms with E-state index in [1.54, 1.807) is 0 Å². The van der Waals surface area contributed by atoms with Gasteiger partial charge in [0.1, 0.15) is 5.75 Å². The molecule has 0 bridgehead atoms. The Morgan fingerprint density at radius 2 is 2.00 bits per heavy atom. The van der Waals surface area contributed by atoms with Gasteiger partial charge < -0.3 is 9.76 Å². The lowest BCUT2D eigenvalue weighted by Crippen LogP contribution is -2.16. The van der Waals surface area contributed by atoms with Gasteiger partial charge in [-0.05, 0) is 12.1 Å². The lowest BCUT2D eigenvalue weighted by Gasteiger charge is -2.12. The Balaban J connectivity index is 3.18. The monoisotopic (exact) mass is 203 g/mol. The van der Waals surface area contributed by atoms with Crippen molar-refractivity contribution in [2.45, 2.75) is 6.18 Å². The molecule has 0 amide bonds. The number of rotatable bonds is 2. The van der Waals surface area contributed by atoms with E-state index in [9.17, 15) is 13.2 Å². The molecule has 0 spiro atoms. The van der Waals surface area contributed by atoms with Crippen LogP contribution < -0.4 is 10.2 Å². The van der Waals surface area contributed by atoms with Gasteiger partial charge in [0.25, 0.3) is 0 Å². The van der Waals surface area contributed by atoms with Crippen LogP contribution >= 0.6 is 0 Å². The lowest BCUT2D eigenvalue weighted by atomic mass is 9.88. The smallest absolute Gasteiger partial charge is 0.419 e. The summed E-state index contributed by atoms with van der Waals surface area (Å²) in [6, 6.07) is 3.13. The molecule has 75 valence electrons. The number of ether oxygens (including phenoxy) is 1. The van der Waals surface area contributed by atoms with Crippen molar-refractivity contribution in [3.05, 3.63) is 23.8 Å². The third kappa shape index (κ3) is 2.20. The zero-order chi connectivity index (χ0) is 10.8. The first kappa shape index (κ1) is 10.9. The Labute approximate surface area is 79.6 Å². The highest BCUT2D eigenvalue weighted by molar-refractivity contribution is 6.45. The van der Waals surface area contributed by atoms with Crippen LogP contribution in [0.2, 0.25) is 0 Å². The van der Waals surface area contributed by atoms with Crippen molar-refractivity contribution in [1.29, 1.82) is 0 Å². The highest BCUT2D eigenvalue weighted by Crippen LogP contribution is 2.35. The van der Waals surface area contributed by atoms with Gasteiger partial charge >= 0.3 is 13.7 Å². The van der Waals surface area contributed by atoms with Gasteiger partial charge in [-0.15, -0.1) is 0 Å². The van der Waals surface area contributed by atoms with Gasteiger partial charge in [0.05, 0.1) is 12.7 Å². The largest absolute Gasteiger partial charge is 0.496 e. The molecule has 1 aromatic rings. The van der Waals surface area contributed by atoms with Gasteiger partial charge in [0, 0.05) is 0 Å². The SMILES string of the molecule is COc1cc([B]O)ccc1C(F)(F)F.